The Bertz CT molecular complexity index is 1640. The summed E-state index contributed by atoms with van der Waals surface area (Å²) in [5.74, 6) is 0.535. The van der Waals surface area contributed by atoms with E-state index in [9.17, 15) is 0 Å². The third-order valence-corrected chi connectivity index (χ3v) is 18.6. The van der Waals surface area contributed by atoms with E-state index in [-0.39, 0.29) is 0 Å². The molecule has 1 saturated carbocycles. The molecule has 2 heteroatoms. The van der Waals surface area contributed by atoms with Gasteiger partial charge in [0.1, 0.15) is 41.0 Å². The monoisotopic (exact) mass is 608 g/mol. The predicted octanol–water partition coefficient (Wildman–Crippen LogP) is 9.17. The Morgan fingerprint density at radius 1 is 0.636 bits per heavy atom. The molecule has 1 aliphatic rings. The van der Waals surface area contributed by atoms with E-state index in [1.165, 1.54) is 43.8 Å². The van der Waals surface area contributed by atoms with Gasteiger partial charge in [-0.25, -0.2) is 0 Å². The second kappa shape index (κ2) is 13.4. The van der Waals surface area contributed by atoms with Crippen LogP contribution in [0.25, 0.3) is 0 Å². The maximum absolute atomic E-state index is 4.23. The van der Waals surface area contributed by atoms with E-state index in [1.54, 1.807) is 0 Å². The molecule has 0 N–H and O–H groups in total. The Kier molecular flexibility index (Phi) is 9.23. The SMILES string of the molecule is C=CC[P+](c1ccccc1)(c1ccccc1)c1ccc(C2CC2[P+](/C(C)=C/C=C\C)(c2ccccc2)c2ccccc2)cc1. The first-order valence-electron chi connectivity index (χ1n) is 15.7. The smallest absolute Gasteiger partial charge is 0.0995 e. The van der Waals surface area contributed by atoms with Crippen molar-refractivity contribution in [1.29, 1.82) is 0 Å². The molecule has 0 aromatic heterocycles. The maximum atomic E-state index is 4.23. The number of hydrogen-bond donors (Lipinski definition) is 0. The maximum Gasteiger partial charge on any atom is 0.115 e. The zero-order chi connectivity index (χ0) is 30.4. The highest BCUT2D eigenvalue weighted by atomic mass is 31.2. The zero-order valence-electron chi connectivity index (χ0n) is 25.8. The van der Waals surface area contributed by atoms with E-state index >= 15 is 0 Å². The van der Waals surface area contributed by atoms with Crippen molar-refractivity contribution in [3.63, 3.8) is 0 Å². The van der Waals surface area contributed by atoms with Crippen molar-refractivity contribution >= 4 is 41.0 Å². The summed E-state index contributed by atoms with van der Waals surface area (Å²) in [5.41, 5.74) is 2.04. The Hall–Kier alpha value is -3.82. The Balaban J connectivity index is 1.44. The minimum Gasteiger partial charge on any atom is -0.0995 e. The number of rotatable bonds is 11. The summed E-state index contributed by atoms with van der Waals surface area (Å²) in [7, 11) is -3.73. The largest absolute Gasteiger partial charge is 0.115 e. The van der Waals surface area contributed by atoms with Crippen LogP contribution in [0.4, 0.5) is 0 Å². The van der Waals surface area contributed by atoms with Gasteiger partial charge in [0.15, 0.2) is 0 Å². The minimum absolute atomic E-state index is 0.535. The fraction of sp³-hybridized carbons (Fsp3) is 0.143. The highest BCUT2D eigenvalue weighted by Crippen LogP contribution is 2.77. The fourth-order valence-corrected chi connectivity index (χ4v) is 16.3. The summed E-state index contributed by atoms with van der Waals surface area (Å²) in [5, 5.41) is 8.71. The molecule has 0 nitrogen and oxygen atoms in total. The van der Waals surface area contributed by atoms with E-state index in [2.05, 4.69) is 190 Å². The summed E-state index contributed by atoms with van der Waals surface area (Å²) in [6, 6.07) is 54.7. The van der Waals surface area contributed by atoms with E-state index in [0.717, 1.165) is 6.16 Å². The molecule has 2 atom stereocenters. The van der Waals surface area contributed by atoms with Crippen molar-refractivity contribution in [2.75, 3.05) is 6.16 Å². The van der Waals surface area contributed by atoms with E-state index in [4.69, 9.17) is 0 Å². The van der Waals surface area contributed by atoms with Gasteiger partial charge in [-0.1, -0.05) is 110 Å². The van der Waals surface area contributed by atoms with Gasteiger partial charge in [-0.2, -0.15) is 0 Å². The van der Waals surface area contributed by atoms with Gasteiger partial charge in [0.2, 0.25) is 0 Å². The third kappa shape index (κ3) is 5.48. The highest BCUT2D eigenvalue weighted by Gasteiger charge is 2.63. The van der Waals surface area contributed by atoms with Crippen LogP contribution in [0, 0.1) is 0 Å². The highest BCUT2D eigenvalue weighted by molar-refractivity contribution is 7.96. The molecule has 5 aromatic carbocycles. The molecule has 0 aliphatic heterocycles. The van der Waals surface area contributed by atoms with Gasteiger partial charge >= 0.3 is 0 Å². The van der Waals surface area contributed by atoms with Crippen LogP contribution in [0.1, 0.15) is 31.7 Å². The molecule has 218 valence electrons. The van der Waals surface area contributed by atoms with Crippen LogP contribution >= 0.6 is 14.5 Å². The standard InChI is InChI=1S/C42H42P2/c1-4-6-19-34(3)44(39-24-15-9-16-25-39,40-26-17-10-18-27-40)42-33-41(42)35-28-30-38(31-29-35)43(32-5-2,36-20-11-7-12-21-36)37-22-13-8-14-23-37/h4-31,41-42H,2,32-33H2,1,3H3/q+2/b6-4-,34-19+. The Morgan fingerprint density at radius 2 is 1.07 bits per heavy atom. The Morgan fingerprint density at radius 3 is 1.50 bits per heavy atom. The molecule has 44 heavy (non-hydrogen) atoms. The van der Waals surface area contributed by atoms with Crippen LogP contribution in [0.3, 0.4) is 0 Å². The molecule has 6 rings (SSSR count). The molecule has 0 radical (unpaired) electrons. The van der Waals surface area contributed by atoms with Crippen molar-refractivity contribution in [2.45, 2.75) is 31.8 Å². The van der Waals surface area contributed by atoms with Crippen molar-refractivity contribution in [1.82, 2.24) is 0 Å². The minimum atomic E-state index is -1.88. The van der Waals surface area contributed by atoms with Crippen LogP contribution in [0.5, 0.6) is 0 Å². The van der Waals surface area contributed by atoms with Crippen LogP contribution in [-0.2, 0) is 0 Å². The quantitative estimate of drug-likeness (QED) is 0.0797. The number of allylic oxidation sites excluding steroid dienone is 5. The normalized spacial score (nSPS) is 17.0. The lowest BCUT2D eigenvalue weighted by Crippen LogP contribution is -2.33. The molecule has 5 aromatic rings. The molecule has 2 unspecified atom stereocenters. The summed E-state index contributed by atoms with van der Waals surface area (Å²) in [4.78, 5) is 0. The van der Waals surface area contributed by atoms with E-state index < -0.39 is 14.5 Å². The number of benzene rings is 5. The van der Waals surface area contributed by atoms with Crippen LogP contribution in [-0.4, -0.2) is 11.8 Å². The zero-order valence-corrected chi connectivity index (χ0v) is 27.6. The second-order valence-corrected chi connectivity index (χ2v) is 19.1. The van der Waals surface area contributed by atoms with Crippen LogP contribution in [0.2, 0.25) is 0 Å². The Labute approximate surface area is 265 Å². The van der Waals surface area contributed by atoms with E-state index in [0.29, 0.717) is 11.6 Å². The van der Waals surface area contributed by atoms with Gasteiger partial charge in [0.05, 0.1) is 17.1 Å². The lowest BCUT2D eigenvalue weighted by atomic mass is 10.1. The number of hydrogen-bond acceptors (Lipinski definition) is 0. The molecule has 0 saturated heterocycles. The molecule has 1 aliphatic carbocycles. The van der Waals surface area contributed by atoms with Gasteiger partial charge in [-0.05, 0) is 92.6 Å². The van der Waals surface area contributed by atoms with Gasteiger partial charge in [-0.3, -0.25) is 0 Å². The van der Waals surface area contributed by atoms with Gasteiger partial charge < -0.3 is 0 Å². The molecule has 0 spiro atoms. The van der Waals surface area contributed by atoms with Crippen molar-refractivity contribution < 1.29 is 0 Å². The third-order valence-electron chi connectivity index (χ3n) is 9.23. The average molecular weight is 609 g/mol. The molecular weight excluding hydrogens is 566 g/mol. The van der Waals surface area contributed by atoms with Crippen molar-refractivity contribution in [3.8, 4) is 0 Å². The second-order valence-electron chi connectivity index (χ2n) is 11.7. The predicted molar refractivity (Wildman–Crippen MR) is 199 cm³/mol. The summed E-state index contributed by atoms with van der Waals surface area (Å²) >= 11 is 0. The van der Waals surface area contributed by atoms with Gasteiger partial charge in [0, 0.05) is 5.92 Å². The van der Waals surface area contributed by atoms with Crippen LogP contribution < -0.4 is 26.5 Å². The lowest BCUT2D eigenvalue weighted by molar-refractivity contribution is 1.13. The molecule has 0 bridgehead atoms. The van der Waals surface area contributed by atoms with Gasteiger partial charge in [0.25, 0.3) is 0 Å². The van der Waals surface area contributed by atoms with E-state index in [1.807, 2.05) is 0 Å². The first-order chi connectivity index (χ1) is 21.7. The topological polar surface area (TPSA) is 0 Å². The summed E-state index contributed by atoms with van der Waals surface area (Å²) in [6.07, 6.45) is 11.0. The van der Waals surface area contributed by atoms with Gasteiger partial charge in [-0.15, -0.1) is 0 Å². The first kappa shape index (κ1) is 30.2. The summed E-state index contributed by atoms with van der Waals surface area (Å²) < 4.78 is 0. The van der Waals surface area contributed by atoms with Crippen LogP contribution in [0.15, 0.2) is 182 Å². The van der Waals surface area contributed by atoms with Crippen molar-refractivity contribution in [2.24, 2.45) is 0 Å². The lowest BCUT2D eigenvalue weighted by Gasteiger charge is -2.29. The first-order valence-corrected chi connectivity index (χ1v) is 19.5. The average Bonchev–Trinajstić information content (AvgIpc) is 3.90. The van der Waals surface area contributed by atoms with Crippen molar-refractivity contribution in [3.05, 3.63) is 187 Å². The molecule has 0 heterocycles. The molecule has 0 amide bonds. The molecular formula is C42H42P2+2. The summed E-state index contributed by atoms with van der Waals surface area (Å²) in [6.45, 7) is 8.71. The fourth-order valence-electron chi connectivity index (χ4n) is 7.15. The molecule has 1 fully saturated rings.